The van der Waals surface area contributed by atoms with Crippen molar-refractivity contribution in [1.29, 1.82) is 0 Å². The quantitative estimate of drug-likeness (QED) is 0.692. The minimum atomic E-state index is 0.139. The predicted molar refractivity (Wildman–Crippen MR) is 102 cm³/mol. The smallest absolute Gasteiger partial charge is 0.263 e. The van der Waals surface area contributed by atoms with Crippen LogP contribution >= 0.6 is 22.7 Å². The lowest BCUT2D eigenvalue weighted by Gasteiger charge is -2.30. The van der Waals surface area contributed by atoms with Crippen LogP contribution in [0.5, 0.6) is 0 Å². The second-order valence-corrected chi connectivity index (χ2v) is 8.71. The molecule has 1 aliphatic heterocycles. The van der Waals surface area contributed by atoms with Crippen molar-refractivity contribution < 1.29 is 0 Å². The Bertz CT molecular complexity index is 931. The third-order valence-corrected chi connectivity index (χ3v) is 6.82. The maximum atomic E-state index is 13.4. The van der Waals surface area contributed by atoms with Crippen LogP contribution in [0, 0.1) is 13.8 Å². The first kappa shape index (κ1) is 16.0. The van der Waals surface area contributed by atoms with Crippen LogP contribution in [0.2, 0.25) is 0 Å². The summed E-state index contributed by atoms with van der Waals surface area (Å²) in [6.07, 6.45) is 2.03. The minimum absolute atomic E-state index is 0.139. The highest BCUT2D eigenvalue weighted by atomic mass is 32.1. The van der Waals surface area contributed by atoms with Gasteiger partial charge in [-0.1, -0.05) is 6.07 Å². The number of piperidine rings is 1. The van der Waals surface area contributed by atoms with E-state index in [2.05, 4.69) is 30.3 Å². The summed E-state index contributed by atoms with van der Waals surface area (Å²) in [7, 11) is 2.14. The normalized spacial score (nSPS) is 17.0. The molecule has 3 aromatic heterocycles. The van der Waals surface area contributed by atoms with Gasteiger partial charge in [0.05, 0.1) is 5.39 Å². The van der Waals surface area contributed by atoms with Gasteiger partial charge >= 0.3 is 0 Å². The van der Waals surface area contributed by atoms with Crippen molar-refractivity contribution in [2.45, 2.75) is 32.7 Å². The molecule has 1 aliphatic rings. The van der Waals surface area contributed by atoms with Gasteiger partial charge in [-0.15, -0.1) is 22.7 Å². The molecule has 0 aromatic carbocycles. The number of aryl methyl sites for hydroxylation is 2. The fraction of sp³-hybridized carbons (Fsp3) is 0.444. The maximum Gasteiger partial charge on any atom is 0.263 e. The molecule has 0 unspecified atom stereocenters. The zero-order chi connectivity index (χ0) is 16.8. The molecular weight excluding hydrogens is 338 g/mol. The number of hydrogen-bond acceptors (Lipinski definition) is 5. The van der Waals surface area contributed by atoms with E-state index in [-0.39, 0.29) is 11.6 Å². The Kier molecular flexibility index (Phi) is 4.06. The third-order valence-electron chi connectivity index (χ3n) is 4.93. The van der Waals surface area contributed by atoms with Crippen molar-refractivity contribution >= 4 is 32.9 Å². The molecule has 24 heavy (non-hydrogen) atoms. The molecule has 1 fully saturated rings. The summed E-state index contributed by atoms with van der Waals surface area (Å²) in [5.74, 6) is 0.848. The van der Waals surface area contributed by atoms with Crippen molar-refractivity contribution in [3.05, 3.63) is 38.6 Å². The number of nitrogens with zero attached hydrogens (tertiary/aromatic N) is 3. The summed E-state index contributed by atoms with van der Waals surface area (Å²) in [6, 6.07) is 4.40. The van der Waals surface area contributed by atoms with Crippen LogP contribution in [0.1, 0.15) is 29.6 Å². The van der Waals surface area contributed by atoms with E-state index in [4.69, 9.17) is 4.98 Å². The highest BCUT2D eigenvalue weighted by Crippen LogP contribution is 2.38. The Labute approximate surface area is 149 Å². The molecule has 1 saturated heterocycles. The van der Waals surface area contributed by atoms with Crippen LogP contribution < -0.4 is 5.56 Å². The molecule has 4 rings (SSSR count). The largest absolute Gasteiger partial charge is 0.306 e. The second-order valence-electron chi connectivity index (χ2n) is 6.56. The Balaban J connectivity index is 1.93. The van der Waals surface area contributed by atoms with Crippen LogP contribution in [0.3, 0.4) is 0 Å². The van der Waals surface area contributed by atoms with E-state index in [1.165, 1.54) is 4.88 Å². The zero-order valence-electron chi connectivity index (χ0n) is 14.2. The Morgan fingerprint density at radius 2 is 2.00 bits per heavy atom. The van der Waals surface area contributed by atoms with Gasteiger partial charge in [0, 0.05) is 21.4 Å². The molecule has 0 amide bonds. The molecular formula is C18H21N3OS2. The van der Waals surface area contributed by atoms with Crippen molar-refractivity contribution in [3.8, 4) is 10.4 Å². The van der Waals surface area contributed by atoms with Gasteiger partial charge in [-0.05, 0) is 58.3 Å². The summed E-state index contributed by atoms with van der Waals surface area (Å²) in [5.41, 5.74) is 1.23. The molecule has 3 aromatic rings. The van der Waals surface area contributed by atoms with Crippen molar-refractivity contribution in [2.24, 2.45) is 0 Å². The summed E-state index contributed by atoms with van der Waals surface area (Å²) in [6.45, 7) is 6.14. The van der Waals surface area contributed by atoms with Gasteiger partial charge in [0.15, 0.2) is 0 Å². The van der Waals surface area contributed by atoms with Crippen LogP contribution in [0.4, 0.5) is 0 Å². The fourth-order valence-corrected chi connectivity index (χ4v) is 5.65. The van der Waals surface area contributed by atoms with Gasteiger partial charge in [-0.2, -0.15) is 0 Å². The van der Waals surface area contributed by atoms with Crippen LogP contribution in [0.15, 0.2) is 22.3 Å². The zero-order valence-corrected chi connectivity index (χ0v) is 15.8. The molecule has 0 aliphatic carbocycles. The first-order valence-electron chi connectivity index (χ1n) is 8.31. The molecule has 0 saturated carbocycles. The monoisotopic (exact) mass is 359 g/mol. The SMILES string of the molecule is Cc1sc2nc(C)n(C3CCN(C)CC3)c(=O)c2c1-c1cccs1. The van der Waals surface area contributed by atoms with Crippen LogP contribution in [-0.4, -0.2) is 34.6 Å². The predicted octanol–water partition coefficient (Wildman–Crippen LogP) is 4.07. The van der Waals surface area contributed by atoms with E-state index in [9.17, 15) is 4.79 Å². The van der Waals surface area contributed by atoms with Gasteiger partial charge < -0.3 is 4.90 Å². The van der Waals surface area contributed by atoms with E-state index >= 15 is 0 Å². The number of likely N-dealkylation sites (tertiary alicyclic amines) is 1. The number of hydrogen-bond donors (Lipinski definition) is 0. The summed E-state index contributed by atoms with van der Waals surface area (Å²) >= 11 is 3.32. The highest BCUT2D eigenvalue weighted by molar-refractivity contribution is 7.20. The maximum absolute atomic E-state index is 13.4. The molecule has 0 N–H and O–H groups in total. The third kappa shape index (κ3) is 2.53. The highest BCUT2D eigenvalue weighted by Gasteiger charge is 2.25. The van der Waals surface area contributed by atoms with Crippen LogP contribution in [-0.2, 0) is 0 Å². The molecule has 126 valence electrons. The molecule has 4 heterocycles. The topological polar surface area (TPSA) is 38.1 Å². The molecule has 6 heteroatoms. The van der Waals surface area contributed by atoms with E-state index < -0.39 is 0 Å². The number of rotatable bonds is 2. The first-order chi connectivity index (χ1) is 11.6. The van der Waals surface area contributed by atoms with E-state index in [0.717, 1.165) is 52.4 Å². The molecule has 0 bridgehead atoms. The summed E-state index contributed by atoms with van der Waals surface area (Å²) < 4.78 is 1.96. The lowest BCUT2D eigenvalue weighted by Crippen LogP contribution is -2.36. The molecule has 4 nitrogen and oxygen atoms in total. The first-order valence-corrected chi connectivity index (χ1v) is 10.0. The lowest BCUT2D eigenvalue weighted by molar-refractivity contribution is 0.216. The number of aromatic nitrogens is 2. The van der Waals surface area contributed by atoms with E-state index in [0.29, 0.717) is 0 Å². The standard InChI is InChI=1S/C18H21N3OS2/c1-11-15(14-5-4-10-23-14)16-17(24-11)19-12(2)21(18(16)22)13-6-8-20(3)9-7-13/h4-5,10,13H,6-9H2,1-3H3. The van der Waals surface area contributed by atoms with Gasteiger partial charge in [-0.25, -0.2) is 4.98 Å². The van der Waals surface area contributed by atoms with Crippen molar-refractivity contribution in [3.63, 3.8) is 0 Å². The molecule has 0 atom stereocenters. The van der Waals surface area contributed by atoms with Crippen LogP contribution in [0.25, 0.3) is 20.7 Å². The molecule has 0 radical (unpaired) electrons. The fourth-order valence-electron chi connectivity index (χ4n) is 3.68. The second kappa shape index (κ2) is 6.10. The lowest BCUT2D eigenvalue weighted by atomic mass is 10.0. The van der Waals surface area contributed by atoms with Crippen molar-refractivity contribution in [2.75, 3.05) is 20.1 Å². The van der Waals surface area contributed by atoms with Crippen molar-refractivity contribution in [1.82, 2.24) is 14.5 Å². The average molecular weight is 360 g/mol. The van der Waals surface area contributed by atoms with E-state index in [1.54, 1.807) is 22.7 Å². The van der Waals surface area contributed by atoms with E-state index in [1.807, 2.05) is 17.6 Å². The van der Waals surface area contributed by atoms with Gasteiger partial charge in [-0.3, -0.25) is 9.36 Å². The Morgan fingerprint density at radius 3 is 2.67 bits per heavy atom. The van der Waals surface area contributed by atoms with Gasteiger partial charge in [0.2, 0.25) is 0 Å². The Morgan fingerprint density at radius 1 is 1.25 bits per heavy atom. The summed E-state index contributed by atoms with van der Waals surface area (Å²) in [5, 5.41) is 2.87. The number of thiophene rings is 2. The Hall–Kier alpha value is -1.50. The minimum Gasteiger partial charge on any atom is -0.306 e. The number of fused-ring (bicyclic) bond motifs is 1. The summed E-state index contributed by atoms with van der Waals surface area (Å²) in [4.78, 5) is 23.7. The molecule has 0 spiro atoms. The average Bonchev–Trinajstić information content (AvgIpc) is 3.16. The van der Waals surface area contributed by atoms with Gasteiger partial charge in [0.25, 0.3) is 5.56 Å². The van der Waals surface area contributed by atoms with Gasteiger partial charge in [0.1, 0.15) is 10.7 Å².